The van der Waals surface area contributed by atoms with Gasteiger partial charge in [0.25, 0.3) is 5.56 Å². The number of phenols is 1. The molecule has 0 amide bonds. The summed E-state index contributed by atoms with van der Waals surface area (Å²) in [6.07, 6.45) is 4.80. The molecule has 1 aromatic carbocycles. The van der Waals surface area contributed by atoms with Crippen molar-refractivity contribution >= 4 is 22.8 Å². The van der Waals surface area contributed by atoms with E-state index in [4.69, 9.17) is 9.47 Å². The van der Waals surface area contributed by atoms with Crippen molar-refractivity contribution in [1.29, 1.82) is 0 Å². The Kier molecular flexibility index (Phi) is 5.99. The summed E-state index contributed by atoms with van der Waals surface area (Å²) in [7, 11) is 0. The van der Waals surface area contributed by atoms with Crippen LogP contribution in [0.25, 0.3) is 16.7 Å². The zero-order valence-electron chi connectivity index (χ0n) is 15.5. The van der Waals surface area contributed by atoms with E-state index < -0.39 is 0 Å². The van der Waals surface area contributed by atoms with Crippen molar-refractivity contribution in [3.05, 3.63) is 46.9 Å². The highest BCUT2D eigenvalue weighted by Crippen LogP contribution is 2.23. The largest absolute Gasteiger partial charge is 0.508 e. The first-order chi connectivity index (χ1) is 13.7. The number of hydrogen-bond acceptors (Lipinski definition) is 6. The lowest BCUT2D eigenvalue weighted by molar-refractivity contribution is -0.0312. The highest BCUT2D eigenvalue weighted by atomic mass is 32.2. The van der Waals surface area contributed by atoms with E-state index in [9.17, 15) is 9.90 Å². The molecule has 2 aromatic heterocycles. The number of rotatable bonds is 7. The highest BCUT2D eigenvalue weighted by molar-refractivity contribution is 7.99. The van der Waals surface area contributed by atoms with E-state index in [0.29, 0.717) is 34.6 Å². The van der Waals surface area contributed by atoms with Gasteiger partial charge in [-0.05, 0) is 49.6 Å². The van der Waals surface area contributed by atoms with Crippen molar-refractivity contribution in [2.45, 2.75) is 30.5 Å². The molecule has 28 heavy (non-hydrogen) atoms. The van der Waals surface area contributed by atoms with E-state index in [1.54, 1.807) is 41.1 Å². The van der Waals surface area contributed by atoms with Crippen LogP contribution in [0.4, 0.5) is 0 Å². The molecule has 0 atom stereocenters. The predicted molar refractivity (Wildman–Crippen MR) is 108 cm³/mol. The Labute approximate surface area is 166 Å². The number of hydrogen-bond donors (Lipinski definition) is 2. The second-order valence-electron chi connectivity index (χ2n) is 6.67. The van der Waals surface area contributed by atoms with Gasteiger partial charge < -0.3 is 19.6 Å². The zero-order valence-corrected chi connectivity index (χ0v) is 16.3. The van der Waals surface area contributed by atoms with Crippen LogP contribution >= 0.6 is 11.8 Å². The second kappa shape index (κ2) is 8.81. The molecule has 0 saturated carbocycles. The van der Waals surface area contributed by atoms with Gasteiger partial charge in [0.2, 0.25) is 0 Å². The van der Waals surface area contributed by atoms with Gasteiger partial charge in [0.15, 0.2) is 5.16 Å². The van der Waals surface area contributed by atoms with Crippen LogP contribution in [0.5, 0.6) is 5.75 Å². The summed E-state index contributed by atoms with van der Waals surface area (Å²) >= 11 is 1.54. The molecular formula is C20H23N3O4S. The maximum absolute atomic E-state index is 13.0. The van der Waals surface area contributed by atoms with Crippen molar-refractivity contribution in [3.63, 3.8) is 0 Å². The van der Waals surface area contributed by atoms with Gasteiger partial charge in [-0.15, -0.1) is 0 Å². The van der Waals surface area contributed by atoms with E-state index in [2.05, 4.69) is 9.97 Å². The Morgan fingerprint density at radius 2 is 2.04 bits per heavy atom. The molecule has 1 aliphatic heterocycles. The van der Waals surface area contributed by atoms with Crippen LogP contribution in [0.1, 0.15) is 19.3 Å². The summed E-state index contributed by atoms with van der Waals surface area (Å²) in [5.74, 6) is 0.953. The lowest BCUT2D eigenvalue weighted by Gasteiger charge is -2.22. The van der Waals surface area contributed by atoms with Crippen LogP contribution < -0.4 is 5.56 Å². The molecule has 0 bridgehead atoms. The molecule has 1 aliphatic rings. The molecule has 0 unspecified atom stereocenters. The first kappa shape index (κ1) is 19.0. The maximum Gasteiger partial charge on any atom is 0.283 e. The van der Waals surface area contributed by atoms with Crippen molar-refractivity contribution in [3.8, 4) is 11.4 Å². The van der Waals surface area contributed by atoms with E-state index >= 15 is 0 Å². The predicted octanol–water partition coefficient (Wildman–Crippen LogP) is 3.10. The summed E-state index contributed by atoms with van der Waals surface area (Å²) in [6.45, 7) is 2.24. The molecule has 0 aliphatic carbocycles. The minimum atomic E-state index is -0.151. The Morgan fingerprint density at radius 3 is 2.82 bits per heavy atom. The maximum atomic E-state index is 13.0. The number of nitrogens with one attached hydrogen (secondary N) is 1. The second-order valence-corrected chi connectivity index (χ2v) is 7.74. The molecule has 8 heteroatoms. The van der Waals surface area contributed by atoms with Crippen LogP contribution in [0.2, 0.25) is 0 Å². The highest BCUT2D eigenvalue weighted by Gasteiger charge is 2.15. The third kappa shape index (κ3) is 4.24. The normalized spacial score (nSPS) is 15.3. The summed E-state index contributed by atoms with van der Waals surface area (Å²) in [4.78, 5) is 20.6. The summed E-state index contributed by atoms with van der Waals surface area (Å²) in [5.41, 5.74) is 1.65. The number of nitrogens with zero attached hydrogens (tertiary/aromatic N) is 2. The van der Waals surface area contributed by atoms with E-state index in [-0.39, 0.29) is 11.3 Å². The van der Waals surface area contributed by atoms with Gasteiger partial charge in [0.05, 0.1) is 17.3 Å². The Hall–Kier alpha value is -2.29. The number of phenolic OH excluding ortho intramolecular Hbond substituents is 1. The van der Waals surface area contributed by atoms with Crippen LogP contribution in [0, 0.1) is 0 Å². The molecule has 1 saturated heterocycles. The van der Waals surface area contributed by atoms with Gasteiger partial charge in [-0.2, -0.15) is 0 Å². The van der Waals surface area contributed by atoms with Crippen molar-refractivity contribution in [1.82, 2.24) is 14.5 Å². The fraction of sp³-hybridized carbons (Fsp3) is 0.400. The zero-order chi connectivity index (χ0) is 19.3. The molecule has 0 spiro atoms. The molecule has 7 nitrogen and oxygen atoms in total. The molecule has 3 aromatic rings. The van der Waals surface area contributed by atoms with Crippen molar-refractivity contribution < 1.29 is 14.6 Å². The average molecular weight is 401 g/mol. The summed E-state index contributed by atoms with van der Waals surface area (Å²) in [5, 5.41) is 10.2. The number of H-pyrrole nitrogens is 1. The van der Waals surface area contributed by atoms with Crippen LogP contribution in [-0.2, 0) is 9.47 Å². The number of ether oxygens (including phenoxy) is 2. The molecular weight excluding hydrogens is 378 g/mol. The molecule has 3 heterocycles. The van der Waals surface area contributed by atoms with Gasteiger partial charge in [0, 0.05) is 31.8 Å². The topological polar surface area (TPSA) is 89.4 Å². The quantitative estimate of drug-likeness (QED) is 0.359. The van der Waals surface area contributed by atoms with Crippen LogP contribution in [0.15, 0.2) is 46.5 Å². The number of aromatic hydroxyl groups is 1. The van der Waals surface area contributed by atoms with Gasteiger partial charge in [-0.3, -0.25) is 9.36 Å². The first-order valence-corrected chi connectivity index (χ1v) is 10.4. The number of thioether (sulfide) groups is 1. The van der Waals surface area contributed by atoms with Gasteiger partial charge in [-0.25, -0.2) is 4.98 Å². The van der Waals surface area contributed by atoms with Crippen molar-refractivity contribution in [2.75, 3.05) is 25.6 Å². The molecule has 1 fully saturated rings. The minimum absolute atomic E-state index is 0.151. The fourth-order valence-corrected chi connectivity index (χ4v) is 4.14. The van der Waals surface area contributed by atoms with Crippen molar-refractivity contribution in [2.24, 2.45) is 0 Å². The van der Waals surface area contributed by atoms with Crippen LogP contribution in [0.3, 0.4) is 0 Å². The van der Waals surface area contributed by atoms with E-state index in [1.165, 1.54) is 11.8 Å². The third-order valence-corrected chi connectivity index (χ3v) is 5.72. The lowest BCUT2D eigenvalue weighted by atomic mass is 10.1. The first-order valence-electron chi connectivity index (χ1n) is 9.44. The molecule has 0 radical (unpaired) electrons. The molecule has 2 N–H and O–H groups in total. The van der Waals surface area contributed by atoms with E-state index in [1.807, 2.05) is 0 Å². The smallest absolute Gasteiger partial charge is 0.283 e. The molecule has 148 valence electrons. The number of fused-ring (bicyclic) bond motifs is 1. The SMILES string of the molecule is O=c1c2[nH]ccc2nc(SCCCOC2CCOCC2)n1-c1ccc(O)cc1. The lowest BCUT2D eigenvalue weighted by Crippen LogP contribution is -2.24. The standard InChI is InChI=1S/C20H23N3O4S/c24-15-4-2-14(3-5-15)23-19(25)18-17(6-9-21-18)22-20(23)28-13-1-10-27-16-7-11-26-12-8-16/h2-6,9,16,21,24H,1,7-8,10-13H2. The Morgan fingerprint density at radius 1 is 1.25 bits per heavy atom. The number of aromatic amines is 1. The Bertz CT molecular complexity index is 977. The number of benzene rings is 1. The minimum Gasteiger partial charge on any atom is -0.508 e. The summed E-state index contributed by atoms with van der Waals surface area (Å²) < 4.78 is 12.8. The third-order valence-electron chi connectivity index (χ3n) is 4.70. The summed E-state index contributed by atoms with van der Waals surface area (Å²) in [6, 6.07) is 8.36. The molecule has 4 rings (SSSR count). The van der Waals surface area contributed by atoms with Gasteiger partial charge >= 0.3 is 0 Å². The van der Waals surface area contributed by atoms with E-state index in [0.717, 1.165) is 38.2 Å². The average Bonchev–Trinajstić information content (AvgIpc) is 3.19. The fourth-order valence-electron chi connectivity index (χ4n) is 3.22. The van der Waals surface area contributed by atoms with Crippen LogP contribution in [-0.4, -0.2) is 51.3 Å². The monoisotopic (exact) mass is 401 g/mol. The Balaban J connectivity index is 1.48. The number of aromatic nitrogens is 3. The van der Waals surface area contributed by atoms with Gasteiger partial charge in [-0.1, -0.05) is 11.8 Å². The van der Waals surface area contributed by atoms with Gasteiger partial charge in [0.1, 0.15) is 11.3 Å².